The van der Waals surface area contributed by atoms with Crippen LogP contribution in [0, 0.1) is 4.77 Å². The third kappa shape index (κ3) is 3.42. The van der Waals surface area contributed by atoms with E-state index < -0.39 is 0 Å². The first-order valence-corrected chi connectivity index (χ1v) is 8.02. The average molecular weight is 371 g/mol. The zero-order valence-corrected chi connectivity index (χ0v) is 15.3. The van der Waals surface area contributed by atoms with Gasteiger partial charge in [-0.3, -0.25) is 4.98 Å². The molecule has 0 fully saturated rings. The van der Waals surface area contributed by atoms with E-state index in [9.17, 15) is 0 Å². The molecule has 0 saturated carbocycles. The molecule has 0 saturated heterocycles. The second kappa shape index (κ2) is 7.79. The predicted molar refractivity (Wildman–Crippen MR) is 99.7 cm³/mol. The van der Waals surface area contributed by atoms with Crippen molar-refractivity contribution in [3.8, 4) is 28.8 Å². The molecule has 0 aliphatic heterocycles. The van der Waals surface area contributed by atoms with Crippen molar-refractivity contribution in [1.82, 2.24) is 19.9 Å². The first-order chi connectivity index (χ1) is 12.7. The molecule has 3 rings (SSSR count). The lowest BCUT2D eigenvalue weighted by atomic mass is 10.2. The number of pyridine rings is 1. The van der Waals surface area contributed by atoms with Gasteiger partial charge in [-0.1, -0.05) is 6.07 Å². The average Bonchev–Trinajstić information content (AvgIpc) is 3.06. The number of hydrogen-bond donors (Lipinski definition) is 1. The quantitative estimate of drug-likeness (QED) is 0.530. The van der Waals surface area contributed by atoms with Gasteiger partial charge in [0, 0.05) is 11.8 Å². The van der Waals surface area contributed by atoms with E-state index in [1.165, 1.54) is 4.68 Å². The van der Waals surface area contributed by atoms with Gasteiger partial charge in [0.25, 0.3) is 0 Å². The zero-order valence-electron chi connectivity index (χ0n) is 14.5. The fourth-order valence-electron chi connectivity index (χ4n) is 2.36. The summed E-state index contributed by atoms with van der Waals surface area (Å²) in [6.07, 6.45) is 3.31. The Morgan fingerprint density at radius 1 is 1.12 bits per heavy atom. The molecule has 3 aromatic rings. The van der Waals surface area contributed by atoms with E-state index in [1.807, 2.05) is 18.2 Å². The van der Waals surface area contributed by atoms with Crippen molar-refractivity contribution in [1.29, 1.82) is 0 Å². The summed E-state index contributed by atoms with van der Waals surface area (Å²) in [5.41, 5.74) is 1.40. The van der Waals surface area contributed by atoms with Gasteiger partial charge in [0.1, 0.15) is 5.69 Å². The molecular weight excluding hydrogens is 354 g/mol. The molecule has 2 aromatic heterocycles. The summed E-state index contributed by atoms with van der Waals surface area (Å²) >= 11 is 5.26. The molecule has 134 valence electrons. The highest BCUT2D eigenvalue weighted by molar-refractivity contribution is 7.71. The van der Waals surface area contributed by atoms with Gasteiger partial charge in [-0.05, 0) is 36.5 Å². The number of hydrogen-bond acceptors (Lipinski definition) is 7. The molecule has 1 N–H and O–H groups in total. The lowest BCUT2D eigenvalue weighted by Gasteiger charge is -2.12. The molecule has 0 radical (unpaired) electrons. The van der Waals surface area contributed by atoms with Crippen LogP contribution in [-0.2, 0) is 0 Å². The minimum Gasteiger partial charge on any atom is -0.493 e. The number of benzene rings is 1. The van der Waals surface area contributed by atoms with Crippen LogP contribution in [0.2, 0.25) is 0 Å². The summed E-state index contributed by atoms with van der Waals surface area (Å²) in [7, 11) is 4.67. The number of methoxy groups -OCH3 is 3. The van der Waals surface area contributed by atoms with Gasteiger partial charge in [-0.15, -0.1) is 0 Å². The molecular formula is C17H17N5O3S. The van der Waals surface area contributed by atoms with E-state index in [1.54, 1.807) is 45.9 Å². The highest BCUT2D eigenvalue weighted by atomic mass is 32.1. The minimum atomic E-state index is 0.356. The molecule has 0 amide bonds. The molecule has 0 atom stereocenters. The highest BCUT2D eigenvalue weighted by Gasteiger charge is 2.13. The van der Waals surface area contributed by atoms with Crippen molar-refractivity contribution in [2.24, 2.45) is 5.10 Å². The van der Waals surface area contributed by atoms with E-state index >= 15 is 0 Å². The van der Waals surface area contributed by atoms with Gasteiger partial charge < -0.3 is 14.2 Å². The first kappa shape index (κ1) is 17.6. The Morgan fingerprint density at radius 3 is 2.42 bits per heavy atom. The molecule has 0 unspecified atom stereocenters. The minimum absolute atomic E-state index is 0.356. The number of aromatic amines is 1. The van der Waals surface area contributed by atoms with Gasteiger partial charge in [-0.2, -0.15) is 14.9 Å². The van der Waals surface area contributed by atoms with Crippen molar-refractivity contribution < 1.29 is 14.2 Å². The van der Waals surface area contributed by atoms with Crippen LogP contribution < -0.4 is 14.2 Å². The van der Waals surface area contributed by atoms with Crippen LogP contribution in [0.4, 0.5) is 0 Å². The number of aromatic nitrogens is 4. The largest absolute Gasteiger partial charge is 0.493 e. The highest BCUT2D eigenvalue weighted by Crippen LogP contribution is 2.37. The second-order valence-corrected chi connectivity index (χ2v) is 5.47. The molecule has 9 heteroatoms. The molecule has 1 aromatic carbocycles. The summed E-state index contributed by atoms with van der Waals surface area (Å²) < 4.78 is 17.9. The van der Waals surface area contributed by atoms with E-state index in [0.717, 1.165) is 5.56 Å². The van der Waals surface area contributed by atoms with Crippen LogP contribution in [0.15, 0.2) is 41.6 Å². The maximum Gasteiger partial charge on any atom is 0.216 e. The fraction of sp³-hybridized carbons (Fsp3) is 0.176. The molecule has 0 aliphatic carbocycles. The van der Waals surface area contributed by atoms with Crippen LogP contribution in [0.1, 0.15) is 5.56 Å². The van der Waals surface area contributed by atoms with Gasteiger partial charge in [0.05, 0.1) is 27.5 Å². The van der Waals surface area contributed by atoms with Crippen molar-refractivity contribution >= 4 is 18.4 Å². The third-order valence-electron chi connectivity index (χ3n) is 3.55. The molecule has 0 spiro atoms. The van der Waals surface area contributed by atoms with E-state index in [2.05, 4.69) is 20.3 Å². The van der Waals surface area contributed by atoms with Crippen LogP contribution in [0.25, 0.3) is 11.5 Å². The fourth-order valence-corrected chi connectivity index (χ4v) is 2.54. The van der Waals surface area contributed by atoms with Crippen molar-refractivity contribution in [2.45, 2.75) is 0 Å². The smallest absolute Gasteiger partial charge is 0.216 e. The number of nitrogens with zero attached hydrogens (tertiary/aromatic N) is 4. The van der Waals surface area contributed by atoms with Crippen LogP contribution in [0.5, 0.6) is 17.2 Å². The Labute approximate surface area is 155 Å². The van der Waals surface area contributed by atoms with Crippen LogP contribution in [-0.4, -0.2) is 47.4 Å². The maximum absolute atomic E-state index is 5.35. The Hall–Kier alpha value is -3.20. The summed E-state index contributed by atoms with van der Waals surface area (Å²) in [4.78, 5) is 4.28. The Morgan fingerprint density at radius 2 is 1.85 bits per heavy atom. The monoisotopic (exact) mass is 371 g/mol. The Balaban J connectivity index is 2.02. The number of H-pyrrole nitrogens is 1. The van der Waals surface area contributed by atoms with E-state index in [4.69, 9.17) is 26.4 Å². The topological polar surface area (TPSA) is 86.6 Å². The molecule has 8 nitrogen and oxygen atoms in total. The molecule has 2 heterocycles. The number of rotatable bonds is 6. The van der Waals surface area contributed by atoms with Gasteiger partial charge >= 0.3 is 0 Å². The van der Waals surface area contributed by atoms with Crippen LogP contribution >= 0.6 is 12.2 Å². The zero-order chi connectivity index (χ0) is 18.5. The maximum atomic E-state index is 5.35. The Bertz CT molecular complexity index is 957. The van der Waals surface area contributed by atoms with Gasteiger partial charge in [-0.25, -0.2) is 5.10 Å². The van der Waals surface area contributed by atoms with Crippen molar-refractivity contribution in [2.75, 3.05) is 21.3 Å². The molecule has 0 bridgehead atoms. The van der Waals surface area contributed by atoms with Gasteiger partial charge in [0.15, 0.2) is 11.5 Å². The third-order valence-corrected chi connectivity index (χ3v) is 3.82. The summed E-state index contributed by atoms with van der Waals surface area (Å²) in [6, 6.07) is 9.10. The lowest BCUT2D eigenvalue weighted by Crippen LogP contribution is -1.99. The normalized spacial score (nSPS) is 10.9. The predicted octanol–water partition coefficient (Wildman–Crippen LogP) is 2.91. The van der Waals surface area contributed by atoms with Crippen molar-refractivity contribution in [3.63, 3.8) is 0 Å². The summed E-state index contributed by atoms with van der Waals surface area (Å²) in [5.74, 6) is 2.10. The van der Waals surface area contributed by atoms with E-state index in [0.29, 0.717) is 33.5 Å². The van der Waals surface area contributed by atoms with E-state index in [-0.39, 0.29) is 0 Å². The molecule has 26 heavy (non-hydrogen) atoms. The SMILES string of the molecule is COc1cc(/C=N/n2c(-c3ccccn3)n[nH]c2=S)cc(OC)c1OC. The standard InChI is InChI=1S/C17H17N5O3S/c1-23-13-8-11(9-14(24-2)15(13)25-3)10-19-22-16(20-21-17(22)26)12-6-4-5-7-18-12/h4-10H,1-3H3,(H,21,26)/b19-10+. The Kier molecular flexibility index (Phi) is 5.28. The lowest BCUT2D eigenvalue weighted by molar-refractivity contribution is 0.324. The first-order valence-electron chi connectivity index (χ1n) is 7.61. The van der Waals surface area contributed by atoms with Gasteiger partial charge in [0.2, 0.25) is 16.3 Å². The summed E-state index contributed by atoms with van der Waals surface area (Å²) in [5, 5.41) is 11.3. The number of nitrogens with one attached hydrogen (secondary N) is 1. The van der Waals surface area contributed by atoms with Crippen LogP contribution in [0.3, 0.4) is 0 Å². The van der Waals surface area contributed by atoms with Crippen molar-refractivity contribution in [3.05, 3.63) is 46.9 Å². The second-order valence-electron chi connectivity index (χ2n) is 5.08. The summed E-state index contributed by atoms with van der Waals surface area (Å²) in [6.45, 7) is 0. The number of ether oxygens (including phenoxy) is 3. The molecule has 0 aliphatic rings.